The van der Waals surface area contributed by atoms with Crippen LogP contribution >= 0.6 is 0 Å². The van der Waals surface area contributed by atoms with Crippen molar-refractivity contribution in [2.24, 2.45) is 0 Å². The van der Waals surface area contributed by atoms with Crippen LogP contribution in [0, 0.1) is 0 Å². The topological polar surface area (TPSA) is 58.6 Å². The lowest BCUT2D eigenvalue weighted by molar-refractivity contribution is -0.131. The van der Waals surface area contributed by atoms with E-state index in [1.54, 1.807) is 4.90 Å². The molecule has 1 N–H and O–H groups in total. The molecule has 106 valence electrons. The van der Waals surface area contributed by atoms with Crippen molar-refractivity contribution in [1.29, 1.82) is 0 Å². The summed E-state index contributed by atoms with van der Waals surface area (Å²) >= 11 is 0. The molecular weight excluding hydrogens is 256 g/mol. The van der Waals surface area contributed by atoms with Crippen LogP contribution in [0.5, 0.6) is 5.75 Å². The van der Waals surface area contributed by atoms with E-state index in [9.17, 15) is 9.59 Å². The molecule has 0 spiro atoms. The molecule has 0 bridgehead atoms. The van der Waals surface area contributed by atoms with Crippen LogP contribution in [-0.2, 0) is 9.59 Å². The van der Waals surface area contributed by atoms with Crippen LogP contribution in [0.1, 0.15) is 24.8 Å². The first-order valence-electron chi connectivity index (χ1n) is 6.93. The monoisotopic (exact) mass is 274 g/mol. The smallest absolute Gasteiger partial charge is 0.242 e. The van der Waals surface area contributed by atoms with Crippen LogP contribution in [0.2, 0.25) is 0 Å². The molecule has 3 rings (SSSR count). The van der Waals surface area contributed by atoms with Gasteiger partial charge in [-0.1, -0.05) is 18.2 Å². The van der Waals surface area contributed by atoms with Crippen LogP contribution in [0.4, 0.5) is 0 Å². The van der Waals surface area contributed by atoms with Gasteiger partial charge in [0.05, 0.1) is 13.2 Å². The number of para-hydroxylation sites is 1. The number of rotatable bonds is 2. The Bertz CT molecular complexity index is 544. The van der Waals surface area contributed by atoms with E-state index in [0.29, 0.717) is 19.6 Å². The Kier molecular flexibility index (Phi) is 3.34. The van der Waals surface area contributed by atoms with Crippen molar-refractivity contribution in [2.75, 3.05) is 19.7 Å². The second kappa shape index (κ2) is 5.15. The highest BCUT2D eigenvalue weighted by molar-refractivity contribution is 5.87. The quantitative estimate of drug-likeness (QED) is 0.871. The molecule has 0 aromatic heterocycles. The van der Waals surface area contributed by atoms with Crippen LogP contribution in [0.3, 0.4) is 0 Å². The van der Waals surface area contributed by atoms with E-state index in [0.717, 1.165) is 11.3 Å². The molecular formula is C15H18N2O3. The SMILES string of the molecule is CC1CC(=O)NCC(=O)N1CC1COc2ccccc21. The molecule has 1 saturated heterocycles. The standard InChI is InChI=1S/C15H18N2O3/c1-10-6-14(18)16-7-15(19)17(10)8-11-9-20-13-5-3-2-4-12(11)13/h2-5,10-11H,6-9H2,1H3,(H,16,18). The van der Waals surface area contributed by atoms with Gasteiger partial charge >= 0.3 is 0 Å². The molecule has 2 unspecified atom stereocenters. The third kappa shape index (κ3) is 2.35. The summed E-state index contributed by atoms with van der Waals surface area (Å²) in [4.78, 5) is 25.4. The lowest BCUT2D eigenvalue weighted by Gasteiger charge is -2.28. The van der Waals surface area contributed by atoms with Gasteiger partial charge in [-0.05, 0) is 13.0 Å². The van der Waals surface area contributed by atoms with Gasteiger partial charge in [-0.25, -0.2) is 0 Å². The van der Waals surface area contributed by atoms with Crippen LogP contribution in [0.15, 0.2) is 24.3 Å². The lowest BCUT2D eigenvalue weighted by atomic mass is 10.00. The predicted molar refractivity (Wildman–Crippen MR) is 73.5 cm³/mol. The number of fused-ring (bicyclic) bond motifs is 1. The molecule has 2 aliphatic rings. The Hall–Kier alpha value is -2.04. The predicted octanol–water partition coefficient (Wildman–Crippen LogP) is 0.900. The van der Waals surface area contributed by atoms with Crippen molar-refractivity contribution in [3.8, 4) is 5.75 Å². The van der Waals surface area contributed by atoms with E-state index in [1.807, 2.05) is 31.2 Å². The Labute approximate surface area is 117 Å². The van der Waals surface area contributed by atoms with E-state index in [4.69, 9.17) is 4.74 Å². The van der Waals surface area contributed by atoms with Gasteiger partial charge in [0.1, 0.15) is 5.75 Å². The number of benzene rings is 1. The van der Waals surface area contributed by atoms with Crippen LogP contribution < -0.4 is 10.1 Å². The molecule has 2 aliphatic heterocycles. The van der Waals surface area contributed by atoms with Gasteiger partial charge in [0.15, 0.2) is 0 Å². The van der Waals surface area contributed by atoms with E-state index < -0.39 is 0 Å². The molecule has 1 aromatic carbocycles. The molecule has 5 nitrogen and oxygen atoms in total. The highest BCUT2D eigenvalue weighted by Crippen LogP contribution is 2.34. The maximum Gasteiger partial charge on any atom is 0.242 e. The Morgan fingerprint density at radius 1 is 1.35 bits per heavy atom. The Morgan fingerprint density at radius 3 is 3.00 bits per heavy atom. The molecule has 0 radical (unpaired) electrons. The van der Waals surface area contributed by atoms with Crippen molar-refractivity contribution >= 4 is 11.8 Å². The zero-order valence-electron chi connectivity index (χ0n) is 11.5. The number of amides is 2. The first-order valence-corrected chi connectivity index (χ1v) is 6.93. The molecule has 1 aromatic rings. The van der Waals surface area contributed by atoms with Crippen molar-refractivity contribution in [3.63, 3.8) is 0 Å². The van der Waals surface area contributed by atoms with E-state index in [2.05, 4.69) is 5.32 Å². The Balaban J connectivity index is 1.77. The van der Waals surface area contributed by atoms with Crippen molar-refractivity contribution in [1.82, 2.24) is 10.2 Å². The summed E-state index contributed by atoms with van der Waals surface area (Å²) in [6.07, 6.45) is 0.362. The summed E-state index contributed by atoms with van der Waals surface area (Å²) in [6.45, 7) is 3.21. The average Bonchev–Trinajstić information content (AvgIpc) is 2.80. The maximum atomic E-state index is 12.1. The number of hydrogen-bond donors (Lipinski definition) is 1. The fourth-order valence-electron chi connectivity index (χ4n) is 2.87. The van der Waals surface area contributed by atoms with Crippen molar-refractivity contribution in [3.05, 3.63) is 29.8 Å². The largest absolute Gasteiger partial charge is 0.493 e. The third-order valence-electron chi connectivity index (χ3n) is 3.99. The number of hydrogen-bond acceptors (Lipinski definition) is 3. The molecule has 2 atom stereocenters. The van der Waals surface area contributed by atoms with Gasteiger partial charge in [-0.15, -0.1) is 0 Å². The molecule has 20 heavy (non-hydrogen) atoms. The number of carbonyl (C=O) groups excluding carboxylic acids is 2. The first kappa shape index (κ1) is 13.0. The fourth-order valence-corrected chi connectivity index (χ4v) is 2.87. The zero-order chi connectivity index (χ0) is 14.1. The summed E-state index contributed by atoms with van der Waals surface area (Å²) < 4.78 is 5.65. The molecule has 5 heteroatoms. The summed E-state index contributed by atoms with van der Waals surface area (Å²) in [7, 11) is 0. The summed E-state index contributed by atoms with van der Waals surface area (Å²) in [6, 6.07) is 7.86. The minimum atomic E-state index is -0.0715. The molecule has 0 aliphatic carbocycles. The van der Waals surface area contributed by atoms with Gasteiger partial charge in [0.25, 0.3) is 0 Å². The second-order valence-corrected chi connectivity index (χ2v) is 5.42. The zero-order valence-corrected chi connectivity index (χ0v) is 11.5. The van der Waals surface area contributed by atoms with Crippen molar-refractivity contribution < 1.29 is 14.3 Å². The maximum absolute atomic E-state index is 12.1. The first-order chi connectivity index (χ1) is 9.65. The van der Waals surface area contributed by atoms with Gasteiger partial charge < -0.3 is 15.0 Å². The number of nitrogens with zero attached hydrogens (tertiary/aromatic N) is 1. The highest BCUT2D eigenvalue weighted by Gasteiger charge is 2.32. The van der Waals surface area contributed by atoms with E-state index in [-0.39, 0.29) is 30.3 Å². The van der Waals surface area contributed by atoms with Crippen LogP contribution in [0.25, 0.3) is 0 Å². The van der Waals surface area contributed by atoms with Gasteiger partial charge in [0, 0.05) is 30.5 Å². The summed E-state index contributed by atoms with van der Waals surface area (Å²) in [5.74, 6) is 1.01. The molecule has 0 saturated carbocycles. The third-order valence-corrected chi connectivity index (χ3v) is 3.99. The highest BCUT2D eigenvalue weighted by atomic mass is 16.5. The number of ether oxygens (including phenoxy) is 1. The number of carbonyl (C=O) groups is 2. The minimum absolute atomic E-state index is 0.0206. The molecule has 1 fully saturated rings. The average molecular weight is 274 g/mol. The van der Waals surface area contributed by atoms with Crippen molar-refractivity contribution in [2.45, 2.75) is 25.3 Å². The lowest BCUT2D eigenvalue weighted by Crippen LogP contribution is -2.42. The minimum Gasteiger partial charge on any atom is -0.493 e. The van der Waals surface area contributed by atoms with Gasteiger partial charge in [-0.3, -0.25) is 9.59 Å². The van der Waals surface area contributed by atoms with Gasteiger partial charge in [0.2, 0.25) is 11.8 Å². The Morgan fingerprint density at radius 2 is 2.15 bits per heavy atom. The fraction of sp³-hybridized carbons (Fsp3) is 0.467. The number of nitrogens with one attached hydrogen (secondary N) is 1. The van der Waals surface area contributed by atoms with Crippen LogP contribution in [-0.4, -0.2) is 42.5 Å². The molecule has 2 amide bonds. The second-order valence-electron chi connectivity index (χ2n) is 5.42. The normalized spacial score (nSPS) is 25.8. The molecule has 2 heterocycles. The summed E-state index contributed by atoms with van der Waals surface area (Å²) in [5, 5.41) is 2.64. The van der Waals surface area contributed by atoms with E-state index in [1.165, 1.54) is 0 Å². The summed E-state index contributed by atoms with van der Waals surface area (Å²) in [5.41, 5.74) is 1.15. The van der Waals surface area contributed by atoms with Gasteiger partial charge in [-0.2, -0.15) is 0 Å². The van der Waals surface area contributed by atoms with E-state index >= 15 is 0 Å².